The summed E-state index contributed by atoms with van der Waals surface area (Å²) in [6.45, 7) is 0.849. The Morgan fingerprint density at radius 1 is 1.38 bits per heavy atom. The molecule has 2 heterocycles. The van der Waals surface area contributed by atoms with Crippen LogP contribution in [0.1, 0.15) is 18.5 Å². The van der Waals surface area contributed by atoms with Crippen LogP contribution in [0, 0.1) is 0 Å². The number of β-lactam (4-membered cyclic amide) rings is 1. The molecule has 0 radical (unpaired) electrons. The molecule has 10 nitrogen and oxygen atoms in total. The maximum atomic E-state index is 12.6. The van der Waals surface area contributed by atoms with Crippen molar-refractivity contribution in [1.82, 2.24) is 10.2 Å². The van der Waals surface area contributed by atoms with Gasteiger partial charge in [0.1, 0.15) is 29.5 Å². The number of nitrogens with two attached hydrogens (primary N) is 1. The van der Waals surface area contributed by atoms with Crippen LogP contribution in [0.25, 0.3) is 0 Å². The maximum absolute atomic E-state index is 12.6. The van der Waals surface area contributed by atoms with Crippen LogP contribution in [0.2, 0.25) is 0 Å². The molecule has 2 aliphatic heterocycles. The number of hydrogen-bond acceptors (Lipinski definition) is 7. The molecule has 3 atom stereocenters. The summed E-state index contributed by atoms with van der Waals surface area (Å²) in [4.78, 5) is 56.5. The lowest BCUT2D eigenvalue weighted by atomic mass is 10.0. The van der Waals surface area contributed by atoms with Crippen molar-refractivity contribution in [2.45, 2.75) is 24.4 Å². The highest BCUT2D eigenvalue weighted by atomic mass is 32.2. The van der Waals surface area contributed by atoms with Crippen LogP contribution in [-0.2, 0) is 23.7 Å². The lowest BCUT2D eigenvalue weighted by Crippen LogP contribution is -2.70. The minimum atomic E-state index is -4.82. The van der Waals surface area contributed by atoms with Gasteiger partial charge in [-0.2, -0.15) is 0 Å². The molecule has 1 fully saturated rings. The van der Waals surface area contributed by atoms with Crippen molar-refractivity contribution in [3.05, 3.63) is 46.9 Å². The van der Waals surface area contributed by atoms with Crippen LogP contribution in [0.15, 0.2) is 41.3 Å². The summed E-state index contributed by atoms with van der Waals surface area (Å²) in [7, 11) is -4.82. The van der Waals surface area contributed by atoms with Crippen molar-refractivity contribution in [2.75, 3.05) is 12.4 Å². The minimum Gasteiger partial charge on any atom is -0.461 e. The molecule has 29 heavy (non-hydrogen) atoms. The van der Waals surface area contributed by atoms with E-state index in [1.165, 1.54) is 18.7 Å². The van der Waals surface area contributed by atoms with E-state index in [1.807, 2.05) is 0 Å². The number of nitrogens with one attached hydrogen (secondary N) is 1. The quantitative estimate of drug-likeness (QED) is 0.271. The highest BCUT2D eigenvalue weighted by Gasteiger charge is 2.56. The monoisotopic (exact) mass is 441 g/mol. The van der Waals surface area contributed by atoms with Crippen LogP contribution < -0.4 is 11.1 Å². The number of carbonyl (C=O) groups is 3. The van der Waals surface area contributed by atoms with Gasteiger partial charge in [-0.3, -0.25) is 23.8 Å². The Balaban J connectivity index is 1.76. The number of benzene rings is 1. The summed E-state index contributed by atoms with van der Waals surface area (Å²) in [6, 6.07) is 6.68. The second kappa shape index (κ2) is 8.29. The van der Waals surface area contributed by atoms with Crippen molar-refractivity contribution in [3.8, 4) is 0 Å². The van der Waals surface area contributed by atoms with Crippen molar-refractivity contribution >= 4 is 37.1 Å². The van der Waals surface area contributed by atoms with Gasteiger partial charge in [0.2, 0.25) is 5.91 Å². The van der Waals surface area contributed by atoms with Crippen molar-refractivity contribution < 1.29 is 33.5 Å². The highest BCUT2D eigenvalue weighted by molar-refractivity contribution is 8.00. The molecule has 0 bridgehead atoms. The number of esters is 1. The molecule has 3 rings (SSSR count). The van der Waals surface area contributed by atoms with Crippen molar-refractivity contribution in [2.24, 2.45) is 5.73 Å². The van der Waals surface area contributed by atoms with Gasteiger partial charge in [-0.25, -0.2) is 0 Å². The van der Waals surface area contributed by atoms with E-state index >= 15 is 0 Å². The first-order chi connectivity index (χ1) is 13.6. The summed E-state index contributed by atoms with van der Waals surface area (Å²) in [5.41, 5.74) is 6.21. The molecule has 2 amide bonds. The predicted octanol–water partition coefficient (Wildman–Crippen LogP) is 0.0387. The number of rotatable bonds is 6. The van der Waals surface area contributed by atoms with E-state index in [0.29, 0.717) is 5.56 Å². The SMILES string of the molecule is CC(=O)OCC1=C(P(=O)(O)O)N2C(=O)[C@@H](NC(=O)C(N)c3ccccc3)[C@@H]2SC1. The Labute approximate surface area is 170 Å². The first kappa shape index (κ1) is 21.5. The average Bonchev–Trinajstić information content (AvgIpc) is 2.68. The van der Waals surface area contributed by atoms with Gasteiger partial charge in [0, 0.05) is 18.2 Å². The molecule has 1 aromatic rings. The number of fused-ring (bicyclic) bond motifs is 1. The lowest BCUT2D eigenvalue weighted by Gasteiger charge is -2.50. The molecule has 1 unspecified atom stereocenters. The van der Waals surface area contributed by atoms with Crippen LogP contribution in [-0.4, -0.2) is 56.2 Å². The zero-order valence-corrected chi connectivity index (χ0v) is 17.1. The smallest absolute Gasteiger partial charge is 0.372 e. The second-order valence-corrected chi connectivity index (χ2v) is 9.15. The fraction of sp³-hybridized carbons (Fsp3) is 0.353. The maximum Gasteiger partial charge on any atom is 0.372 e. The summed E-state index contributed by atoms with van der Waals surface area (Å²) in [5.74, 6) is -1.69. The third-order valence-corrected chi connectivity index (χ3v) is 6.90. The van der Waals surface area contributed by atoms with Gasteiger partial charge in [0.25, 0.3) is 5.91 Å². The van der Waals surface area contributed by atoms with Gasteiger partial charge in [0.05, 0.1) is 0 Å². The number of amides is 2. The van der Waals surface area contributed by atoms with Gasteiger partial charge >= 0.3 is 13.6 Å². The third kappa shape index (κ3) is 4.39. The Hall–Kier alpha value is -2.17. The van der Waals surface area contributed by atoms with Gasteiger partial charge < -0.3 is 25.6 Å². The summed E-state index contributed by atoms with van der Waals surface area (Å²) >= 11 is 1.21. The molecule has 0 saturated carbocycles. The van der Waals surface area contributed by atoms with E-state index in [1.54, 1.807) is 30.3 Å². The predicted molar refractivity (Wildman–Crippen MR) is 104 cm³/mol. The molecule has 1 saturated heterocycles. The van der Waals surface area contributed by atoms with Crippen LogP contribution >= 0.6 is 19.4 Å². The molecule has 1 aromatic carbocycles. The summed E-state index contributed by atoms with van der Waals surface area (Å²) in [5, 5.41) is 1.88. The van der Waals surface area contributed by atoms with E-state index in [4.69, 9.17) is 10.5 Å². The van der Waals surface area contributed by atoms with E-state index < -0.39 is 48.3 Å². The molecule has 5 N–H and O–H groups in total. The Bertz CT molecular complexity index is 917. The largest absolute Gasteiger partial charge is 0.461 e. The molecule has 2 aliphatic rings. The standard InChI is InChI=1S/C17H20N3O7PS/c1-9(21)27-7-11-8-29-17-13(15(23)20(17)16(11)28(24,25)26)19-14(22)12(18)10-5-3-2-4-6-10/h2-6,12-13,17H,7-8,18H2,1H3,(H,19,22)(H2,24,25,26)/t12?,13-,17+/m1/s1. The number of hydrogen-bond donors (Lipinski definition) is 4. The molecular weight excluding hydrogens is 421 g/mol. The first-order valence-electron chi connectivity index (χ1n) is 8.58. The Morgan fingerprint density at radius 2 is 2.03 bits per heavy atom. The number of thioether (sulfide) groups is 1. The van der Waals surface area contributed by atoms with Gasteiger partial charge in [-0.15, -0.1) is 11.8 Å². The fourth-order valence-corrected chi connectivity index (χ4v) is 5.68. The molecule has 0 aromatic heterocycles. The topological polar surface area (TPSA) is 159 Å². The van der Waals surface area contributed by atoms with E-state index in [0.717, 1.165) is 4.90 Å². The summed E-state index contributed by atoms with van der Waals surface area (Å²) < 4.78 is 16.8. The van der Waals surface area contributed by atoms with Crippen LogP contribution in [0.4, 0.5) is 0 Å². The molecule has 12 heteroatoms. The normalized spacial score (nSPS) is 22.5. The zero-order chi connectivity index (χ0) is 21.3. The second-order valence-electron chi connectivity index (χ2n) is 6.54. The number of ether oxygens (including phenoxy) is 1. The minimum absolute atomic E-state index is 0.138. The molecule has 156 valence electrons. The summed E-state index contributed by atoms with van der Waals surface area (Å²) in [6.07, 6.45) is 0. The third-order valence-electron chi connectivity index (χ3n) is 4.48. The van der Waals surface area contributed by atoms with Gasteiger partial charge in [-0.05, 0) is 5.56 Å². The Kier molecular flexibility index (Phi) is 6.16. The highest BCUT2D eigenvalue weighted by Crippen LogP contribution is 2.55. The molecular formula is C17H20N3O7PS. The fourth-order valence-electron chi connectivity index (χ4n) is 3.11. The molecule has 0 aliphatic carbocycles. The Morgan fingerprint density at radius 3 is 2.62 bits per heavy atom. The number of nitrogens with zero attached hydrogens (tertiary/aromatic N) is 1. The van der Waals surface area contributed by atoms with Gasteiger partial charge in [-0.1, -0.05) is 30.3 Å². The van der Waals surface area contributed by atoms with Crippen LogP contribution in [0.5, 0.6) is 0 Å². The van der Waals surface area contributed by atoms with E-state index in [9.17, 15) is 28.7 Å². The molecule has 0 spiro atoms. The zero-order valence-electron chi connectivity index (χ0n) is 15.3. The average molecular weight is 441 g/mol. The van der Waals surface area contributed by atoms with Gasteiger partial charge in [0.15, 0.2) is 0 Å². The van der Waals surface area contributed by atoms with Crippen LogP contribution in [0.3, 0.4) is 0 Å². The lowest BCUT2D eigenvalue weighted by molar-refractivity contribution is -0.145. The number of carbonyl (C=O) groups excluding carboxylic acids is 3. The van der Waals surface area contributed by atoms with Crippen molar-refractivity contribution in [3.63, 3.8) is 0 Å². The first-order valence-corrected chi connectivity index (χ1v) is 11.2. The van der Waals surface area contributed by atoms with E-state index in [2.05, 4.69) is 5.32 Å². The van der Waals surface area contributed by atoms with E-state index in [-0.39, 0.29) is 17.9 Å². The van der Waals surface area contributed by atoms with Crippen molar-refractivity contribution in [1.29, 1.82) is 0 Å².